The van der Waals surface area contributed by atoms with Crippen LogP contribution in [0.1, 0.15) is 18.1 Å². The fourth-order valence-electron chi connectivity index (χ4n) is 3.91. The van der Waals surface area contributed by atoms with Crippen LogP contribution >= 0.6 is 0 Å². The lowest BCUT2D eigenvalue weighted by atomic mass is 10.0. The van der Waals surface area contributed by atoms with Crippen LogP contribution in [0.25, 0.3) is 5.57 Å². The topological polar surface area (TPSA) is 84.9 Å². The average Bonchev–Trinajstić information content (AvgIpc) is 2.83. The highest BCUT2D eigenvalue weighted by atomic mass is 32.2. The predicted octanol–water partition coefficient (Wildman–Crippen LogP) is 4.70. The largest absolute Gasteiger partial charge is 0.493 e. The van der Waals surface area contributed by atoms with Gasteiger partial charge in [-0.2, -0.15) is 0 Å². The molecule has 0 atom stereocenters. The van der Waals surface area contributed by atoms with E-state index in [9.17, 15) is 22.0 Å². The van der Waals surface area contributed by atoms with Crippen LogP contribution in [0.15, 0.2) is 65.6 Å². The van der Waals surface area contributed by atoms with Crippen molar-refractivity contribution < 1.29 is 31.5 Å². The van der Waals surface area contributed by atoms with E-state index in [2.05, 4.69) is 5.32 Å². The van der Waals surface area contributed by atoms with E-state index >= 15 is 0 Å². The van der Waals surface area contributed by atoms with E-state index in [1.807, 2.05) is 0 Å². The zero-order chi connectivity index (χ0) is 25.3. The number of carbonyl (C=O) groups excluding carboxylic acids is 1. The third kappa shape index (κ3) is 4.44. The number of sulfonamides is 1. The summed E-state index contributed by atoms with van der Waals surface area (Å²) in [5.41, 5.74) is 1.21. The molecule has 3 aromatic carbocycles. The van der Waals surface area contributed by atoms with E-state index in [1.54, 1.807) is 36.4 Å². The van der Waals surface area contributed by atoms with Gasteiger partial charge in [0.25, 0.3) is 15.9 Å². The molecule has 0 bridgehead atoms. The van der Waals surface area contributed by atoms with Crippen molar-refractivity contribution in [2.75, 3.05) is 23.8 Å². The summed E-state index contributed by atoms with van der Waals surface area (Å²) in [4.78, 5) is 12.7. The molecular formula is C25H22F2N2O5S. The van der Waals surface area contributed by atoms with Crippen LogP contribution in [0.3, 0.4) is 0 Å². The summed E-state index contributed by atoms with van der Waals surface area (Å²) in [6, 6.07) is 14.6. The van der Waals surface area contributed by atoms with Gasteiger partial charge >= 0.3 is 0 Å². The molecule has 1 aliphatic heterocycles. The number of carbonyl (C=O) groups is 1. The first-order chi connectivity index (χ1) is 16.7. The van der Waals surface area contributed by atoms with E-state index < -0.39 is 32.5 Å². The zero-order valence-corrected chi connectivity index (χ0v) is 19.9. The molecule has 1 heterocycles. The summed E-state index contributed by atoms with van der Waals surface area (Å²) in [6.45, 7) is 1.42. The molecule has 0 saturated heterocycles. The van der Waals surface area contributed by atoms with Crippen molar-refractivity contribution in [3.05, 3.63) is 88.3 Å². The van der Waals surface area contributed by atoms with E-state index in [4.69, 9.17) is 9.47 Å². The maximum Gasteiger partial charge on any atom is 0.270 e. The van der Waals surface area contributed by atoms with Crippen molar-refractivity contribution >= 4 is 32.9 Å². The molecule has 182 valence electrons. The standard InChI is InChI=1S/C25H22F2N2O5S/c1-15-18-12-22(33-2)23(34-3)13-21(18)29(14-16-7-5-4-6-8-16)35(31,32)24(15)25(30)28-20-10-9-17(26)11-19(20)27/h4-13H,14H2,1-3H3,(H,28,30). The third-order valence-electron chi connectivity index (χ3n) is 5.62. The molecule has 0 fully saturated rings. The Morgan fingerprint density at radius 2 is 1.63 bits per heavy atom. The van der Waals surface area contributed by atoms with Crippen LogP contribution in [0, 0.1) is 11.6 Å². The maximum atomic E-state index is 14.2. The summed E-state index contributed by atoms with van der Waals surface area (Å²) >= 11 is 0. The Morgan fingerprint density at radius 3 is 2.26 bits per heavy atom. The van der Waals surface area contributed by atoms with Gasteiger partial charge in [0, 0.05) is 17.7 Å². The average molecular weight is 501 g/mol. The van der Waals surface area contributed by atoms with Crippen LogP contribution in [0.2, 0.25) is 0 Å². The maximum absolute atomic E-state index is 14.2. The van der Waals surface area contributed by atoms with E-state index in [-0.39, 0.29) is 17.8 Å². The number of hydrogen-bond acceptors (Lipinski definition) is 5. The lowest BCUT2D eigenvalue weighted by molar-refractivity contribution is -0.112. The molecule has 0 saturated carbocycles. The second-order valence-electron chi connectivity index (χ2n) is 7.75. The number of ether oxygens (including phenoxy) is 2. The summed E-state index contributed by atoms with van der Waals surface area (Å²) < 4.78 is 66.9. The minimum atomic E-state index is -4.40. The molecule has 3 aromatic rings. The first kappa shape index (κ1) is 24.2. The molecule has 0 aliphatic carbocycles. The van der Waals surface area contributed by atoms with Gasteiger partial charge in [-0.3, -0.25) is 9.10 Å². The molecule has 0 unspecified atom stereocenters. The fraction of sp³-hybridized carbons (Fsp3) is 0.160. The normalized spacial score (nSPS) is 14.4. The minimum Gasteiger partial charge on any atom is -0.493 e. The molecule has 0 aromatic heterocycles. The lowest BCUT2D eigenvalue weighted by Crippen LogP contribution is -2.39. The Balaban J connectivity index is 1.89. The van der Waals surface area contributed by atoms with Crippen molar-refractivity contribution in [3.8, 4) is 11.5 Å². The number of halogens is 2. The second-order valence-corrected chi connectivity index (χ2v) is 9.55. The highest BCUT2D eigenvalue weighted by Crippen LogP contribution is 2.45. The Bertz CT molecular complexity index is 1440. The van der Waals surface area contributed by atoms with Crippen LogP contribution in [0.4, 0.5) is 20.2 Å². The Morgan fingerprint density at radius 1 is 0.971 bits per heavy atom. The third-order valence-corrected chi connectivity index (χ3v) is 7.53. The van der Waals surface area contributed by atoms with Crippen molar-refractivity contribution in [2.45, 2.75) is 13.5 Å². The molecule has 4 rings (SSSR count). The Labute approximate surface area is 201 Å². The van der Waals surface area contributed by atoms with Gasteiger partial charge in [-0.1, -0.05) is 30.3 Å². The number of hydrogen-bond donors (Lipinski definition) is 1. The van der Waals surface area contributed by atoms with Crippen LogP contribution in [0.5, 0.6) is 11.5 Å². The van der Waals surface area contributed by atoms with Crippen LogP contribution in [-0.2, 0) is 21.4 Å². The summed E-state index contributed by atoms with van der Waals surface area (Å²) in [7, 11) is -1.53. The van der Waals surface area contributed by atoms with Gasteiger partial charge in [-0.05, 0) is 36.3 Å². The van der Waals surface area contributed by atoms with Gasteiger partial charge in [0.1, 0.15) is 11.6 Å². The van der Waals surface area contributed by atoms with Gasteiger partial charge in [-0.25, -0.2) is 17.2 Å². The summed E-state index contributed by atoms with van der Waals surface area (Å²) in [6.07, 6.45) is 0. The monoisotopic (exact) mass is 500 g/mol. The SMILES string of the molecule is COc1cc2c(cc1OC)N(Cc1ccccc1)S(=O)(=O)C(C(=O)Nc1ccc(F)cc1F)=C2C. The van der Waals surface area contributed by atoms with E-state index in [0.717, 1.165) is 16.4 Å². The Kier molecular flexibility index (Phi) is 6.49. The molecule has 0 spiro atoms. The fourth-order valence-corrected chi connectivity index (χ4v) is 5.64. The molecule has 10 heteroatoms. The number of allylic oxidation sites excluding steroid dienone is 1. The van der Waals surface area contributed by atoms with Crippen LogP contribution in [-0.4, -0.2) is 28.5 Å². The number of nitrogens with zero attached hydrogens (tertiary/aromatic N) is 1. The number of nitrogens with one attached hydrogen (secondary N) is 1. The number of benzene rings is 3. The minimum absolute atomic E-state index is 0.0688. The first-order valence-electron chi connectivity index (χ1n) is 10.5. The van der Waals surface area contributed by atoms with E-state index in [0.29, 0.717) is 34.4 Å². The number of fused-ring (bicyclic) bond motifs is 1. The molecule has 1 N–H and O–H groups in total. The highest BCUT2D eigenvalue weighted by Gasteiger charge is 2.40. The summed E-state index contributed by atoms with van der Waals surface area (Å²) in [5.74, 6) is -2.25. The first-order valence-corrected chi connectivity index (χ1v) is 11.9. The van der Waals surface area contributed by atoms with Gasteiger partial charge in [-0.15, -0.1) is 0 Å². The van der Waals surface area contributed by atoms with Gasteiger partial charge in [0.15, 0.2) is 16.4 Å². The van der Waals surface area contributed by atoms with Gasteiger partial charge in [0.05, 0.1) is 32.1 Å². The summed E-state index contributed by atoms with van der Waals surface area (Å²) in [5, 5.41) is 2.26. The number of rotatable bonds is 6. The smallest absolute Gasteiger partial charge is 0.270 e. The number of methoxy groups -OCH3 is 2. The number of anilines is 2. The van der Waals surface area contributed by atoms with E-state index in [1.165, 1.54) is 27.2 Å². The molecule has 1 amide bonds. The van der Waals surface area contributed by atoms with Crippen molar-refractivity contribution in [3.63, 3.8) is 0 Å². The highest BCUT2D eigenvalue weighted by molar-refractivity contribution is 7.97. The van der Waals surface area contributed by atoms with Crippen molar-refractivity contribution in [2.24, 2.45) is 0 Å². The van der Waals surface area contributed by atoms with Gasteiger partial charge < -0.3 is 14.8 Å². The molecule has 35 heavy (non-hydrogen) atoms. The second kappa shape index (κ2) is 9.38. The molecular weight excluding hydrogens is 478 g/mol. The quantitative estimate of drug-likeness (QED) is 0.530. The van der Waals surface area contributed by atoms with Crippen molar-refractivity contribution in [1.29, 1.82) is 0 Å². The number of amides is 1. The molecule has 0 radical (unpaired) electrons. The predicted molar refractivity (Wildman–Crippen MR) is 129 cm³/mol. The van der Waals surface area contributed by atoms with Crippen LogP contribution < -0.4 is 19.1 Å². The molecule has 7 nitrogen and oxygen atoms in total. The lowest BCUT2D eigenvalue weighted by Gasteiger charge is -2.33. The van der Waals surface area contributed by atoms with Crippen molar-refractivity contribution in [1.82, 2.24) is 0 Å². The Hall–Kier alpha value is -3.92. The molecule has 1 aliphatic rings. The zero-order valence-electron chi connectivity index (χ0n) is 19.1. The van der Waals surface area contributed by atoms with Gasteiger partial charge in [0.2, 0.25) is 0 Å².